The Morgan fingerprint density at radius 3 is 2.00 bits per heavy atom. The summed E-state index contributed by atoms with van der Waals surface area (Å²) < 4.78 is 0. The molecule has 0 atom stereocenters. The van der Waals surface area contributed by atoms with Crippen molar-refractivity contribution in [3.05, 3.63) is 36.4 Å². The fourth-order valence-electron chi connectivity index (χ4n) is 0.673. The number of allylic oxidation sites excluding steroid dienone is 4. The largest absolute Gasteiger partial charge is 0.489 e. The van der Waals surface area contributed by atoms with Crippen LogP contribution in [0, 0.1) is 0 Å². The molecule has 0 aliphatic carbocycles. The number of carbonyl (C=O) groups is 1. The molecule has 0 aromatic rings. The monoisotopic (exact) mass is 196 g/mol. The predicted octanol–water partition coefficient (Wildman–Crippen LogP) is 1.28. The normalized spacial score (nSPS) is 9.64. The Morgan fingerprint density at radius 1 is 1.36 bits per heavy atom. The lowest BCUT2D eigenvalue weighted by Crippen LogP contribution is -2.19. The van der Waals surface area contributed by atoms with Crippen molar-refractivity contribution in [3.63, 3.8) is 0 Å². The second-order valence-electron chi connectivity index (χ2n) is 2.27. The summed E-state index contributed by atoms with van der Waals surface area (Å²) in [5, 5.41) is 17.6. The SMILES string of the molecule is C=C/C=C(/B(O)O)C(=C)C(C)=O.CC. The average Bonchev–Trinajstić information content (AvgIpc) is 2.15. The highest BCUT2D eigenvalue weighted by atomic mass is 16.4. The molecule has 3 nitrogen and oxygen atoms in total. The molecule has 0 aromatic carbocycles. The third-order valence-corrected chi connectivity index (χ3v) is 1.35. The van der Waals surface area contributed by atoms with Crippen molar-refractivity contribution in [2.75, 3.05) is 0 Å². The van der Waals surface area contributed by atoms with Gasteiger partial charge in [0.2, 0.25) is 0 Å². The van der Waals surface area contributed by atoms with E-state index in [9.17, 15) is 4.79 Å². The van der Waals surface area contributed by atoms with Crippen molar-refractivity contribution >= 4 is 12.9 Å². The maximum atomic E-state index is 10.8. The van der Waals surface area contributed by atoms with Gasteiger partial charge in [-0.25, -0.2) is 0 Å². The summed E-state index contributed by atoms with van der Waals surface area (Å²) in [6.07, 6.45) is 2.71. The van der Waals surface area contributed by atoms with E-state index in [2.05, 4.69) is 13.2 Å². The van der Waals surface area contributed by atoms with Crippen LogP contribution in [0.25, 0.3) is 0 Å². The van der Waals surface area contributed by atoms with Crippen molar-refractivity contribution in [2.45, 2.75) is 20.8 Å². The molecule has 2 N–H and O–H groups in total. The first-order valence-electron chi connectivity index (χ1n) is 4.39. The average molecular weight is 196 g/mol. The van der Waals surface area contributed by atoms with Crippen molar-refractivity contribution in [1.82, 2.24) is 0 Å². The fraction of sp³-hybridized carbons (Fsp3) is 0.300. The van der Waals surface area contributed by atoms with Crippen LogP contribution in [0.4, 0.5) is 0 Å². The van der Waals surface area contributed by atoms with Gasteiger partial charge in [0, 0.05) is 5.57 Å². The van der Waals surface area contributed by atoms with Gasteiger partial charge in [-0.3, -0.25) is 4.79 Å². The summed E-state index contributed by atoms with van der Waals surface area (Å²) in [6, 6.07) is 0. The Labute approximate surface area is 85.6 Å². The van der Waals surface area contributed by atoms with Gasteiger partial charge >= 0.3 is 7.12 Å². The second kappa shape index (κ2) is 8.47. The van der Waals surface area contributed by atoms with Crippen molar-refractivity contribution in [2.24, 2.45) is 0 Å². The highest BCUT2D eigenvalue weighted by Crippen LogP contribution is 2.09. The maximum Gasteiger partial charge on any atom is 0.489 e. The van der Waals surface area contributed by atoms with Crippen LogP contribution in [-0.2, 0) is 4.79 Å². The third kappa shape index (κ3) is 5.51. The Kier molecular flexibility index (Phi) is 9.29. The molecule has 0 amide bonds. The number of hydrogen-bond donors (Lipinski definition) is 2. The topological polar surface area (TPSA) is 57.5 Å². The third-order valence-electron chi connectivity index (χ3n) is 1.35. The first kappa shape index (κ1) is 15.4. The molecule has 78 valence electrons. The van der Waals surface area contributed by atoms with Crippen LogP contribution in [0.5, 0.6) is 0 Å². The second-order valence-corrected chi connectivity index (χ2v) is 2.27. The van der Waals surface area contributed by atoms with Crippen LogP contribution >= 0.6 is 0 Å². The minimum Gasteiger partial charge on any atom is -0.423 e. The number of rotatable bonds is 4. The van der Waals surface area contributed by atoms with E-state index in [1.807, 2.05) is 13.8 Å². The highest BCUT2D eigenvalue weighted by Gasteiger charge is 2.19. The van der Waals surface area contributed by atoms with Crippen LogP contribution in [-0.4, -0.2) is 22.9 Å². The first-order valence-corrected chi connectivity index (χ1v) is 4.39. The van der Waals surface area contributed by atoms with E-state index < -0.39 is 7.12 Å². The summed E-state index contributed by atoms with van der Waals surface area (Å²) in [6.45, 7) is 12.1. The van der Waals surface area contributed by atoms with E-state index in [-0.39, 0.29) is 16.8 Å². The fourth-order valence-corrected chi connectivity index (χ4v) is 0.673. The molecule has 0 spiro atoms. The van der Waals surface area contributed by atoms with Gasteiger partial charge in [0.15, 0.2) is 5.78 Å². The number of hydrogen-bond acceptors (Lipinski definition) is 3. The Bertz CT molecular complexity index is 242. The zero-order valence-electron chi connectivity index (χ0n) is 8.95. The van der Waals surface area contributed by atoms with Crippen LogP contribution < -0.4 is 0 Å². The van der Waals surface area contributed by atoms with Gasteiger partial charge in [0.05, 0.1) is 0 Å². The molecule has 14 heavy (non-hydrogen) atoms. The van der Waals surface area contributed by atoms with Crippen molar-refractivity contribution in [1.29, 1.82) is 0 Å². The Morgan fingerprint density at radius 2 is 1.79 bits per heavy atom. The molecule has 0 saturated heterocycles. The first-order chi connectivity index (χ1) is 6.50. The summed E-state index contributed by atoms with van der Waals surface area (Å²) in [5.41, 5.74) is 0.169. The van der Waals surface area contributed by atoms with Crippen LogP contribution in [0.2, 0.25) is 0 Å². The number of carbonyl (C=O) groups excluding carboxylic acids is 1. The molecule has 0 fully saturated rings. The van der Waals surface area contributed by atoms with E-state index in [0.29, 0.717) is 0 Å². The zero-order valence-corrected chi connectivity index (χ0v) is 8.95. The van der Waals surface area contributed by atoms with E-state index in [4.69, 9.17) is 10.0 Å². The van der Waals surface area contributed by atoms with Crippen LogP contribution in [0.15, 0.2) is 36.4 Å². The van der Waals surface area contributed by atoms with Gasteiger partial charge in [0.1, 0.15) is 0 Å². The van der Waals surface area contributed by atoms with Crippen LogP contribution in [0.3, 0.4) is 0 Å². The molecule has 0 saturated carbocycles. The molecule has 0 bridgehead atoms. The molecule has 0 aromatic heterocycles. The van der Waals surface area contributed by atoms with Gasteiger partial charge in [-0.15, -0.1) is 0 Å². The minimum absolute atomic E-state index is 0.0810. The lowest BCUT2D eigenvalue weighted by molar-refractivity contribution is -0.113. The summed E-state index contributed by atoms with van der Waals surface area (Å²) in [7, 11) is -1.68. The van der Waals surface area contributed by atoms with E-state index in [1.54, 1.807) is 0 Å². The van der Waals surface area contributed by atoms with Gasteiger partial charge in [-0.05, 0) is 12.4 Å². The van der Waals surface area contributed by atoms with E-state index in [1.165, 1.54) is 19.1 Å². The molecule has 0 heterocycles. The molecule has 0 aliphatic heterocycles. The molecular weight excluding hydrogens is 179 g/mol. The maximum absolute atomic E-state index is 10.8. The van der Waals surface area contributed by atoms with Gasteiger partial charge in [-0.1, -0.05) is 39.2 Å². The quantitative estimate of drug-likeness (QED) is 0.404. The number of Topliss-reactive ketones (excluding diaryl/α,β-unsaturated/α-hetero) is 1. The van der Waals surface area contributed by atoms with Gasteiger partial charge in [0.25, 0.3) is 0 Å². The summed E-state index contributed by atoms with van der Waals surface area (Å²) in [4.78, 5) is 10.8. The molecule has 0 aliphatic rings. The lowest BCUT2D eigenvalue weighted by atomic mass is 9.74. The van der Waals surface area contributed by atoms with Crippen molar-refractivity contribution < 1.29 is 14.8 Å². The highest BCUT2D eigenvalue weighted by molar-refractivity contribution is 6.53. The predicted molar refractivity (Wildman–Crippen MR) is 59.6 cm³/mol. The molecule has 0 rings (SSSR count). The standard InChI is InChI=1S/C8H11BO3.C2H6/c1-4-5-8(9(11)12)6(2)7(3)10;1-2/h4-5,11-12H,1-2H2,3H3;1-2H3/b8-5+;. The van der Waals surface area contributed by atoms with Gasteiger partial charge < -0.3 is 10.0 Å². The minimum atomic E-state index is -1.68. The van der Waals surface area contributed by atoms with Crippen molar-refractivity contribution in [3.8, 4) is 0 Å². The summed E-state index contributed by atoms with van der Waals surface area (Å²) >= 11 is 0. The lowest BCUT2D eigenvalue weighted by Gasteiger charge is -2.04. The molecule has 0 unspecified atom stereocenters. The molecule has 0 radical (unpaired) electrons. The Hall–Kier alpha value is -1.13. The summed E-state index contributed by atoms with van der Waals surface area (Å²) in [5.74, 6) is -0.295. The van der Waals surface area contributed by atoms with Gasteiger partial charge in [-0.2, -0.15) is 0 Å². The molecule has 4 heteroatoms. The van der Waals surface area contributed by atoms with E-state index in [0.717, 1.165) is 0 Å². The van der Waals surface area contributed by atoms with E-state index >= 15 is 0 Å². The smallest absolute Gasteiger partial charge is 0.423 e. The van der Waals surface area contributed by atoms with Crippen LogP contribution in [0.1, 0.15) is 20.8 Å². The molecular formula is C10H17BO3. The number of ketones is 1. The Balaban J connectivity index is 0. The zero-order chi connectivity index (χ0) is 11.7.